The highest BCUT2D eigenvalue weighted by Gasteiger charge is 2.05. The van der Waals surface area contributed by atoms with Crippen molar-refractivity contribution in [3.63, 3.8) is 0 Å². The quantitative estimate of drug-likeness (QED) is 0.707. The first-order chi connectivity index (χ1) is 8.77. The molecule has 2 aromatic carbocycles. The summed E-state index contributed by atoms with van der Waals surface area (Å²) < 4.78 is 0. The number of hydrogen-bond donors (Lipinski definition) is 0. The van der Waals surface area contributed by atoms with Crippen molar-refractivity contribution < 1.29 is 0 Å². The maximum atomic E-state index is 4.78. The summed E-state index contributed by atoms with van der Waals surface area (Å²) in [5, 5.41) is 0. The molecule has 0 atom stereocenters. The molecule has 0 heterocycles. The van der Waals surface area contributed by atoms with Crippen LogP contribution in [0, 0.1) is 5.92 Å². The summed E-state index contributed by atoms with van der Waals surface area (Å²) in [6, 6.07) is 20.8. The average molecular weight is 237 g/mol. The fourth-order valence-corrected chi connectivity index (χ4v) is 1.82. The van der Waals surface area contributed by atoms with Crippen LogP contribution in [0.25, 0.3) is 0 Å². The van der Waals surface area contributed by atoms with Crippen LogP contribution in [0.5, 0.6) is 0 Å². The minimum Gasteiger partial charge on any atom is -0.284 e. The van der Waals surface area contributed by atoms with Gasteiger partial charge in [0, 0.05) is 17.7 Å². The molecule has 0 aliphatic carbocycles. The monoisotopic (exact) mass is 237 g/mol. The lowest BCUT2D eigenvalue weighted by molar-refractivity contribution is 0.666. The van der Waals surface area contributed by atoms with Crippen LogP contribution in [0.2, 0.25) is 0 Å². The van der Waals surface area contributed by atoms with E-state index in [4.69, 9.17) is 4.99 Å². The van der Waals surface area contributed by atoms with E-state index >= 15 is 0 Å². The van der Waals surface area contributed by atoms with Gasteiger partial charge in [-0.25, -0.2) is 0 Å². The van der Waals surface area contributed by atoms with E-state index in [1.807, 2.05) is 12.1 Å². The van der Waals surface area contributed by atoms with Crippen molar-refractivity contribution in [2.75, 3.05) is 6.54 Å². The zero-order valence-corrected chi connectivity index (χ0v) is 11.0. The Morgan fingerprint density at radius 2 is 1.28 bits per heavy atom. The van der Waals surface area contributed by atoms with Gasteiger partial charge in [-0.05, 0) is 5.92 Å². The van der Waals surface area contributed by atoms with Crippen LogP contribution < -0.4 is 0 Å². The van der Waals surface area contributed by atoms with E-state index in [-0.39, 0.29) is 0 Å². The maximum absolute atomic E-state index is 4.78. The molecule has 2 rings (SSSR count). The highest BCUT2D eigenvalue weighted by Crippen LogP contribution is 2.11. The lowest BCUT2D eigenvalue weighted by atomic mass is 10.0. The van der Waals surface area contributed by atoms with Crippen molar-refractivity contribution in [3.05, 3.63) is 71.8 Å². The molecule has 1 heteroatoms. The van der Waals surface area contributed by atoms with E-state index in [0.29, 0.717) is 5.92 Å². The first-order valence-corrected chi connectivity index (χ1v) is 6.42. The molecule has 0 amide bonds. The average Bonchev–Trinajstić information content (AvgIpc) is 2.41. The van der Waals surface area contributed by atoms with Gasteiger partial charge >= 0.3 is 0 Å². The molecule has 92 valence electrons. The molecule has 2 aromatic rings. The van der Waals surface area contributed by atoms with E-state index in [1.165, 1.54) is 11.1 Å². The number of benzene rings is 2. The van der Waals surface area contributed by atoms with E-state index in [9.17, 15) is 0 Å². The van der Waals surface area contributed by atoms with Crippen molar-refractivity contribution in [3.8, 4) is 0 Å². The number of aliphatic imine (C=N–C) groups is 1. The zero-order valence-electron chi connectivity index (χ0n) is 11.0. The van der Waals surface area contributed by atoms with E-state index in [1.54, 1.807) is 0 Å². The molecule has 1 nitrogen and oxygen atoms in total. The van der Waals surface area contributed by atoms with Crippen LogP contribution >= 0.6 is 0 Å². The van der Waals surface area contributed by atoms with Gasteiger partial charge in [0.1, 0.15) is 0 Å². The smallest absolute Gasteiger partial charge is 0.0719 e. The Morgan fingerprint density at radius 1 is 0.833 bits per heavy atom. The fraction of sp³-hybridized carbons (Fsp3) is 0.235. The van der Waals surface area contributed by atoms with Crippen LogP contribution in [-0.4, -0.2) is 12.3 Å². The molecular weight excluding hydrogens is 218 g/mol. The van der Waals surface area contributed by atoms with Gasteiger partial charge in [-0.15, -0.1) is 0 Å². The molecule has 18 heavy (non-hydrogen) atoms. The normalized spacial score (nSPS) is 10.4. The molecule has 0 saturated carbocycles. The first-order valence-electron chi connectivity index (χ1n) is 6.42. The molecule has 0 fully saturated rings. The summed E-state index contributed by atoms with van der Waals surface area (Å²) in [5.41, 5.74) is 3.46. The molecule has 0 radical (unpaired) electrons. The molecule has 0 N–H and O–H groups in total. The predicted molar refractivity (Wildman–Crippen MR) is 78.2 cm³/mol. The van der Waals surface area contributed by atoms with E-state index in [0.717, 1.165) is 12.3 Å². The largest absolute Gasteiger partial charge is 0.284 e. The third-order valence-corrected chi connectivity index (χ3v) is 2.71. The van der Waals surface area contributed by atoms with Gasteiger partial charge in [-0.2, -0.15) is 0 Å². The second-order valence-corrected chi connectivity index (χ2v) is 4.82. The van der Waals surface area contributed by atoms with Crippen molar-refractivity contribution in [1.82, 2.24) is 0 Å². The van der Waals surface area contributed by atoms with E-state index in [2.05, 4.69) is 62.4 Å². The summed E-state index contributed by atoms with van der Waals surface area (Å²) in [6.45, 7) is 5.24. The fourth-order valence-electron chi connectivity index (χ4n) is 1.82. The molecule has 0 saturated heterocycles. The van der Waals surface area contributed by atoms with Crippen molar-refractivity contribution in [2.24, 2.45) is 10.9 Å². The Labute approximate surface area is 109 Å². The Kier molecular flexibility index (Phi) is 4.30. The third kappa shape index (κ3) is 3.30. The number of rotatable bonds is 4. The van der Waals surface area contributed by atoms with Crippen LogP contribution in [-0.2, 0) is 0 Å². The van der Waals surface area contributed by atoms with Gasteiger partial charge in [0.25, 0.3) is 0 Å². The van der Waals surface area contributed by atoms with Crippen molar-refractivity contribution >= 4 is 5.71 Å². The maximum Gasteiger partial charge on any atom is 0.0719 e. The van der Waals surface area contributed by atoms with Crippen molar-refractivity contribution in [2.45, 2.75) is 13.8 Å². The molecule has 0 bridgehead atoms. The number of hydrogen-bond acceptors (Lipinski definition) is 1. The summed E-state index contributed by atoms with van der Waals surface area (Å²) in [7, 11) is 0. The predicted octanol–water partition coefficient (Wildman–Crippen LogP) is 4.18. The van der Waals surface area contributed by atoms with Gasteiger partial charge in [-0.1, -0.05) is 74.5 Å². The standard InChI is InChI=1S/C17H19N/c1-14(2)13-18-17(15-9-5-3-6-10-15)16-11-7-4-8-12-16/h3-12,14H,13H2,1-2H3. The Hall–Kier alpha value is -1.89. The van der Waals surface area contributed by atoms with Gasteiger partial charge in [-0.3, -0.25) is 4.99 Å². The molecular formula is C17H19N. The van der Waals surface area contributed by atoms with Gasteiger partial charge < -0.3 is 0 Å². The molecule has 0 spiro atoms. The van der Waals surface area contributed by atoms with Crippen molar-refractivity contribution in [1.29, 1.82) is 0 Å². The highest BCUT2D eigenvalue weighted by atomic mass is 14.7. The van der Waals surface area contributed by atoms with Gasteiger partial charge in [0.15, 0.2) is 0 Å². The van der Waals surface area contributed by atoms with Gasteiger partial charge in [0.2, 0.25) is 0 Å². The topological polar surface area (TPSA) is 12.4 Å². The molecule has 0 aliphatic heterocycles. The number of nitrogens with zero attached hydrogens (tertiary/aromatic N) is 1. The second kappa shape index (κ2) is 6.15. The lowest BCUT2D eigenvalue weighted by Gasteiger charge is -2.08. The first kappa shape index (κ1) is 12.6. The summed E-state index contributed by atoms with van der Waals surface area (Å²) >= 11 is 0. The van der Waals surface area contributed by atoms with Crippen LogP contribution in [0.4, 0.5) is 0 Å². The Balaban J connectivity index is 2.39. The van der Waals surface area contributed by atoms with Crippen LogP contribution in [0.3, 0.4) is 0 Å². The minimum atomic E-state index is 0.576. The Morgan fingerprint density at radius 3 is 1.67 bits per heavy atom. The highest BCUT2D eigenvalue weighted by molar-refractivity contribution is 6.12. The second-order valence-electron chi connectivity index (χ2n) is 4.82. The SMILES string of the molecule is CC(C)CN=C(c1ccccc1)c1ccccc1. The van der Waals surface area contributed by atoms with Gasteiger partial charge in [0.05, 0.1) is 5.71 Å². The lowest BCUT2D eigenvalue weighted by Crippen LogP contribution is -2.06. The summed E-state index contributed by atoms with van der Waals surface area (Å²) in [6.07, 6.45) is 0. The minimum absolute atomic E-state index is 0.576. The van der Waals surface area contributed by atoms with Crippen LogP contribution in [0.15, 0.2) is 65.7 Å². The molecule has 0 unspecified atom stereocenters. The van der Waals surface area contributed by atoms with Crippen LogP contribution in [0.1, 0.15) is 25.0 Å². The van der Waals surface area contributed by atoms with E-state index < -0.39 is 0 Å². The molecule has 0 aromatic heterocycles. The molecule has 0 aliphatic rings. The Bertz CT molecular complexity index is 456. The third-order valence-electron chi connectivity index (χ3n) is 2.71. The zero-order chi connectivity index (χ0) is 12.8. The summed E-state index contributed by atoms with van der Waals surface area (Å²) in [4.78, 5) is 4.78. The summed E-state index contributed by atoms with van der Waals surface area (Å²) in [5.74, 6) is 0.576.